The van der Waals surface area contributed by atoms with Gasteiger partial charge in [0.1, 0.15) is 0 Å². The molecule has 20 heavy (non-hydrogen) atoms. The number of likely N-dealkylation sites (tertiary alicyclic amines) is 1. The van der Waals surface area contributed by atoms with Gasteiger partial charge in [0.15, 0.2) is 0 Å². The maximum Gasteiger partial charge on any atom is 0.339 e. The van der Waals surface area contributed by atoms with E-state index in [1.165, 1.54) is 13.3 Å². The van der Waals surface area contributed by atoms with Crippen molar-refractivity contribution in [2.24, 2.45) is 11.1 Å². The van der Waals surface area contributed by atoms with E-state index in [2.05, 4.69) is 14.6 Å². The molecule has 1 aliphatic heterocycles. The average Bonchev–Trinajstić information content (AvgIpc) is 2.82. The first-order chi connectivity index (χ1) is 9.44. The van der Waals surface area contributed by atoms with Crippen LogP contribution in [0.25, 0.3) is 0 Å². The summed E-state index contributed by atoms with van der Waals surface area (Å²) in [5.74, 6) is -0.652. The first-order valence-electron chi connectivity index (χ1n) is 6.50. The van der Waals surface area contributed by atoms with Crippen molar-refractivity contribution in [1.82, 2.24) is 9.88 Å². The molecular weight excluding hydrogens is 258 g/mol. The molecule has 1 unspecified atom stereocenters. The summed E-state index contributed by atoms with van der Waals surface area (Å²) < 4.78 is 4.62. The lowest BCUT2D eigenvalue weighted by Crippen LogP contribution is -2.37. The number of carbonyl (C=O) groups excluding carboxylic acids is 2. The van der Waals surface area contributed by atoms with E-state index in [1.54, 1.807) is 12.1 Å². The Hall–Kier alpha value is -1.95. The van der Waals surface area contributed by atoms with Gasteiger partial charge in [-0.1, -0.05) is 0 Å². The lowest BCUT2D eigenvalue weighted by Gasteiger charge is -2.20. The zero-order chi connectivity index (χ0) is 14.8. The van der Waals surface area contributed by atoms with Crippen LogP contribution in [0.5, 0.6) is 0 Å². The van der Waals surface area contributed by atoms with Gasteiger partial charge in [-0.3, -0.25) is 14.7 Å². The van der Waals surface area contributed by atoms with Gasteiger partial charge >= 0.3 is 5.97 Å². The van der Waals surface area contributed by atoms with Crippen LogP contribution < -0.4 is 5.73 Å². The minimum absolute atomic E-state index is 0.256. The number of rotatable bonds is 4. The van der Waals surface area contributed by atoms with Gasteiger partial charge in [0.05, 0.1) is 23.8 Å². The Kier molecular flexibility index (Phi) is 4.04. The number of pyridine rings is 1. The number of amides is 1. The maximum absolute atomic E-state index is 11.4. The fraction of sp³-hybridized carbons (Fsp3) is 0.500. The number of carbonyl (C=O) groups is 2. The van der Waals surface area contributed by atoms with Crippen LogP contribution in [0, 0.1) is 5.41 Å². The molecule has 0 radical (unpaired) electrons. The summed E-state index contributed by atoms with van der Waals surface area (Å²) in [5.41, 5.74) is 6.25. The van der Waals surface area contributed by atoms with Crippen LogP contribution in [0.2, 0.25) is 0 Å². The Labute approximate surface area is 117 Å². The Bertz CT molecular complexity index is 515. The number of nitrogens with zero attached hydrogens (tertiary/aromatic N) is 2. The van der Waals surface area contributed by atoms with E-state index in [1.807, 2.05) is 6.92 Å². The lowest BCUT2D eigenvalue weighted by molar-refractivity contribution is -0.126. The zero-order valence-electron chi connectivity index (χ0n) is 11.8. The van der Waals surface area contributed by atoms with E-state index in [-0.39, 0.29) is 5.91 Å². The summed E-state index contributed by atoms with van der Waals surface area (Å²) in [6.07, 6.45) is 2.27. The molecule has 1 amide bonds. The summed E-state index contributed by atoms with van der Waals surface area (Å²) in [6.45, 7) is 4.00. The number of hydrogen-bond acceptors (Lipinski definition) is 5. The van der Waals surface area contributed by atoms with Crippen molar-refractivity contribution in [3.05, 3.63) is 29.6 Å². The molecule has 0 aromatic carbocycles. The molecule has 0 bridgehead atoms. The Morgan fingerprint density at radius 2 is 2.25 bits per heavy atom. The molecule has 1 saturated heterocycles. The third-order valence-corrected chi connectivity index (χ3v) is 3.78. The van der Waals surface area contributed by atoms with Crippen molar-refractivity contribution in [1.29, 1.82) is 0 Å². The highest BCUT2D eigenvalue weighted by atomic mass is 16.5. The number of ether oxygens (including phenoxy) is 1. The molecule has 6 nitrogen and oxygen atoms in total. The first-order valence-corrected chi connectivity index (χ1v) is 6.50. The van der Waals surface area contributed by atoms with Gasteiger partial charge in [0.2, 0.25) is 5.91 Å². The van der Waals surface area contributed by atoms with E-state index in [4.69, 9.17) is 5.73 Å². The van der Waals surface area contributed by atoms with Gasteiger partial charge in [0, 0.05) is 19.3 Å². The van der Waals surface area contributed by atoms with Crippen LogP contribution in [-0.4, -0.2) is 42.0 Å². The quantitative estimate of drug-likeness (QED) is 0.813. The molecule has 1 aliphatic rings. The topological polar surface area (TPSA) is 85.5 Å². The molecule has 108 valence electrons. The molecule has 2 heterocycles. The molecule has 2 rings (SSSR count). The van der Waals surface area contributed by atoms with Crippen molar-refractivity contribution >= 4 is 11.9 Å². The van der Waals surface area contributed by atoms with E-state index < -0.39 is 11.4 Å². The largest absolute Gasteiger partial charge is 0.465 e. The second-order valence-electron chi connectivity index (χ2n) is 5.42. The van der Waals surface area contributed by atoms with Crippen molar-refractivity contribution in [3.8, 4) is 0 Å². The molecule has 1 fully saturated rings. The zero-order valence-corrected chi connectivity index (χ0v) is 11.8. The van der Waals surface area contributed by atoms with Gasteiger partial charge < -0.3 is 10.5 Å². The Morgan fingerprint density at radius 1 is 1.50 bits per heavy atom. The van der Waals surface area contributed by atoms with Gasteiger partial charge in [-0.25, -0.2) is 4.79 Å². The van der Waals surface area contributed by atoms with E-state index in [0.29, 0.717) is 18.7 Å². The fourth-order valence-corrected chi connectivity index (χ4v) is 2.38. The van der Waals surface area contributed by atoms with Crippen molar-refractivity contribution < 1.29 is 14.3 Å². The molecular formula is C14H19N3O3. The predicted molar refractivity (Wildman–Crippen MR) is 72.8 cm³/mol. The minimum atomic E-state index is -0.452. The fourth-order valence-electron chi connectivity index (χ4n) is 2.38. The van der Waals surface area contributed by atoms with Crippen LogP contribution in [0.1, 0.15) is 29.4 Å². The van der Waals surface area contributed by atoms with Crippen molar-refractivity contribution in [2.45, 2.75) is 19.9 Å². The van der Waals surface area contributed by atoms with Crippen LogP contribution in [0.3, 0.4) is 0 Å². The van der Waals surface area contributed by atoms with Crippen molar-refractivity contribution in [3.63, 3.8) is 0 Å². The Morgan fingerprint density at radius 3 is 2.75 bits per heavy atom. The second kappa shape index (κ2) is 5.58. The number of primary amides is 1. The van der Waals surface area contributed by atoms with Gasteiger partial charge in [-0.05, 0) is 32.0 Å². The van der Waals surface area contributed by atoms with E-state index in [9.17, 15) is 9.59 Å². The number of aromatic nitrogens is 1. The highest BCUT2D eigenvalue weighted by Crippen LogP contribution is 2.30. The lowest BCUT2D eigenvalue weighted by atomic mass is 9.89. The Balaban J connectivity index is 1.98. The molecule has 1 atom stereocenters. The summed E-state index contributed by atoms with van der Waals surface area (Å²) in [4.78, 5) is 29.1. The second-order valence-corrected chi connectivity index (χ2v) is 5.42. The summed E-state index contributed by atoms with van der Waals surface area (Å²) in [5, 5.41) is 0. The van der Waals surface area contributed by atoms with Gasteiger partial charge in [0.25, 0.3) is 0 Å². The third kappa shape index (κ3) is 2.96. The highest BCUT2D eigenvalue weighted by molar-refractivity contribution is 5.88. The third-order valence-electron chi connectivity index (χ3n) is 3.78. The molecule has 0 spiro atoms. The number of hydrogen-bond donors (Lipinski definition) is 1. The number of nitrogens with two attached hydrogens (primary N) is 1. The van der Waals surface area contributed by atoms with Crippen molar-refractivity contribution in [2.75, 3.05) is 20.2 Å². The molecule has 2 N–H and O–H groups in total. The minimum Gasteiger partial charge on any atom is -0.465 e. The molecule has 1 aromatic heterocycles. The highest BCUT2D eigenvalue weighted by Gasteiger charge is 2.38. The van der Waals surface area contributed by atoms with Crippen LogP contribution in [-0.2, 0) is 16.1 Å². The standard InChI is InChI=1S/C14H19N3O3/c1-14(13(15)19)5-6-17(9-14)8-11-4-3-10(7-16-11)12(18)20-2/h3-4,7H,5-6,8-9H2,1-2H3,(H2,15,19). The monoisotopic (exact) mass is 277 g/mol. The maximum atomic E-state index is 11.4. The number of methoxy groups -OCH3 is 1. The van der Waals surface area contributed by atoms with E-state index in [0.717, 1.165) is 18.7 Å². The normalized spacial score (nSPS) is 22.7. The van der Waals surface area contributed by atoms with Gasteiger partial charge in [-0.2, -0.15) is 0 Å². The molecule has 6 heteroatoms. The molecule has 0 saturated carbocycles. The van der Waals surface area contributed by atoms with Crippen LogP contribution >= 0.6 is 0 Å². The summed E-state index contributed by atoms with van der Waals surface area (Å²) in [6, 6.07) is 3.49. The first kappa shape index (κ1) is 14.5. The SMILES string of the molecule is COC(=O)c1ccc(CN2CCC(C)(C(N)=O)C2)nc1. The number of esters is 1. The van der Waals surface area contributed by atoms with Crippen LogP contribution in [0.4, 0.5) is 0 Å². The summed E-state index contributed by atoms with van der Waals surface area (Å²) >= 11 is 0. The molecule has 0 aliphatic carbocycles. The smallest absolute Gasteiger partial charge is 0.339 e. The average molecular weight is 277 g/mol. The predicted octanol–water partition coefficient (Wildman–Crippen LogP) is 0.565. The van der Waals surface area contributed by atoms with E-state index >= 15 is 0 Å². The molecule has 1 aromatic rings. The van der Waals surface area contributed by atoms with Crippen LogP contribution in [0.15, 0.2) is 18.3 Å². The van der Waals surface area contributed by atoms with Gasteiger partial charge in [-0.15, -0.1) is 0 Å². The summed E-state index contributed by atoms with van der Waals surface area (Å²) in [7, 11) is 1.34.